The number of aromatic nitrogens is 1. The zero-order valence-electron chi connectivity index (χ0n) is 18.4. The van der Waals surface area contributed by atoms with Gasteiger partial charge in [0.15, 0.2) is 6.61 Å². The van der Waals surface area contributed by atoms with Crippen molar-refractivity contribution in [3.05, 3.63) is 73.1 Å². The lowest BCUT2D eigenvalue weighted by Crippen LogP contribution is -2.32. The van der Waals surface area contributed by atoms with E-state index in [1.807, 2.05) is 6.07 Å². The highest BCUT2D eigenvalue weighted by Crippen LogP contribution is 2.54. The third-order valence-corrected chi connectivity index (χ3v) is 8.69. The molecular formula is C24H19BrN2O6S2. The number of amides is 2. The van der Waals surface area contributed by atoms with E-state index in [0.29, 0.717) is 26.9 Å². The van der Waals surface area contributed by atoms with Gasteiger partial charge in [0.05, 0.1) is 23.2 Å². The number of thioether (sulfide) groups is 1. The number of fused-ring (bicyclic) bond motifs is 2. The number of thiazole rings is 1. The van der Waals surface area contributed by atoms with Crippen LogP contribution in [0.15, 0.2) is 62.8 Å². The number of anilines is 1. The number of carbonyl (C=O) groups is 3. The number of esters is 1. The second-order valence-corrected chi connectivity index (χ2v) is 11.0. The van der Waals surface area contributed by atoms with E-state index in [4.69, 9.17) is 9.47 Å². The predicted octanol–water partition coefficient (Wildman–Crippen LogP) is 3.94. The average molecular weight is 575 g/mol. The van der Waals surface area contributed by atoms with Crippen molar-refractivity contribution in [1.82, 2.24) is 4.98 Å². The number of hydrogen-bond acceptors (Lipinski definition) is 8. The lowest BCUT2D eigenvalue weighted by molar-refractivity contribution is -0.145. The van der Waals surface area contributed by atoms with Crippen molar-refractivity contribution >= 4 is 62.5 Å². The van der Waals surface area contributed by atoms with Gasteiger partial charge in [0.25, 0.3) is 0 Å². The van der Waals surface area contributed by atoms with E-state index in [-0.39, 0.29) is 29.9 Å². The topological polar surface area (TPSA) is 106 Å². The fraction of sp³-hybridized carbons (Fsp3) is 0.250. The molecule has 2 aliphatic heterocycles. The molecule has 5 rings (SSSR count). The van der Waals surface area contributed by atoms with Crippen molar-refractivity contribution in [3.63, 3.8) is 0 Å². The van der Waals surface area contributed by atoms with E-state index in [1.54, 1.807) is 49.4 Å². The molecule has 2 aromatic carbocycles. The number of nitrogens with one attached hydrogen (secondary N) is 1. The molecule has 8 nitrogen and oxygen atoms in total. The summed E-state index contributed by atoms with van der Waals surface area (Å²) >= 11 is 5.70. The number of rotatable bonds is 6. The second kappa shape index (κ2) is 9.63. The number of ether oxygens (including phenoxy) is 2. The van der Waals surface area contributed by atoms with Crippen LogP contribution in [0.3, 0.4) is 0 Å². The molecule has 3 aromatic rings. The highest BCUT2D eigenvalue weighted by atomic mass is 79.9. The molecule has 0 radical (unpaired) electrons. The highest BCUT2D eigenvalue weighted by Gasteiger charge is 2.56. The Hall–Kier alpha value is -2.89. The fourth-order valence-electron chi connectivity index (χ4n) is 4.42. The number of halogens is 1. The van der Waals surface area contributed by atoms with Gasteiger partial charge in [0.2, 0.25) is 11.8 Å². The summed E-state index contributed by atoms with van der Waals surface area (Å²) in [6.45, 7) is 1.63. The molecule has 2 unspecified atom stereocenters. The molecule has 1 saturated heterocycles. The fourth-order valence-corrected chi connectivity index (χ4v) is 7.30. The SMILES string of the molecule is CCOC(=O)COc1ccc(Br)cc1[C@H]1c2sc(=O)[nH]c2SC2C(=O)N(c3ccccc3)C(=O)C21. The first kappa shape index (κ1) is 23.8. The summed E-state index contributed by atoms with van der Waals surface area (Å²) in [5, 5.41) is -0.152. The van der Waals surface area contributed by atoms with E-state index in [0.717, 1.165) is 15.8 Å². The van der Waals surface area contributed by atoms with Crippen LogP contribution < -0.4 is 14.5 Å². The number of imide groups is 1. The first-order valence-corrected chi connectivity index (χ1v) is 13.3. The van der Waals surface area contributed by atoms with E-state index in [9.17, 15) is 19.2 Å². The largest absolute Gasteiger partial charge is 0.482 e. The molecule has 3 atom stereocenters. The molecule has 2 aliphatic rings. The minimum absolute atomic E-state index is 0.228. The molecule has 0 aliphatic carbocycles. The zero-order chi connectivity index (χ0) is 24.7. The van der Waals surface area contributed by atoms with Crippen molar-refractivity contribution in [2.45, 2.75) is 23.1 Å². The quantitative estimate of drug-likeness (QED) is 0.351. The van der Waals surface area contributed by atoms with Gasteiger partial charge in [0, 0.05) is 20.8 Å². The Labute approximate surface area is 216 Å². The molecule has 1 N–H and O–H groups in total. The van der Waals surface area contributed by atoms with Crippen molar-refractivity contribution in [1.29, 1.82) is 0 Å². The van der Waals surface area contributed by atoms with Gasteiger partial charge in [-0.1, -0.05) is 57.2 Å². The summed E-state index contributed by atoms with van der Waals surface area (Å²) < 4.78 is 11.5. The number of nitrogens with zero attached hydrogens (tertiary/aromatic N) is 1. The maximum absolute atomic E-state index is 13.8. The van der Waals surface area contributed by atoms with Crippen LogP contribution in [0.5, 0.6) is 5.75 Å². The van der Waals surface area contributed by atoms with Gasteiger partial charge in [-0.2, -0.15) is 0 Å². The Balaban J connectivity index is 1.62. The van der Waals surface area contributed by atoms with Gasteiger partial charge in [-0.15, -0.1) is 0 Å². The maximum atomic E-state index is 13.8. The molecule has 35 heavy (non-hydrogen) atoms. The molecule has 1 aromatic heterocycles. The first-order chi connectivity index (χ1) is 16.9. The summed E-state index contributed by atoms with van der Waals surface area (Å²) in [5.74, 6) is -2.20. The summed E-state index contributed by atoms with van der Waals surface area (Å²) in [6, 6.07) is 14.1. The van der Waals surface area contributed by atoms with Gasteiger partial charge < -0.3 is 14.5 Å². The number of carbonyl (C=O) groups excluding carboxylic acids is 3. The Morgan fingerprint density at radius 3 is 2.63 bits per heavy atom. The third-order valence-electron chi connectivity index (χ3n) is 5.80. The Bertz CT molecular complexity index is 1370. The van der Waals surface area contributed by atoms with Gasteiger partial charge in [-0.25, -0.2) is 9.69 Å². The van der Waals surface area contributed by atoms with Crippen molar-refractivity contribution in [2.24, 2.45) is 5.92 Å². The molecule has 3 heterocycles. The van der Waals surface area contributed by atoms with E-state index >= 15 is 0 Å². The molecule has 2 amide bonds. The van der Waals surface area contributed by atoms with Crippen LogP contribution in [0.2, 0.25) is 0 Å². The number of aromatic amines is 1. The maximum Gasteiger partial charge on any atom is 0.344 e. The number of hydrogen-bond donors (Lipinski definition) is 1. The lowest BCUT2D eigenvalue weighted by Gasteiger charge is -2.31. The normalized spacial score (nSPS) is 21.0. The van der Waals surface area contributed by atoms with Gasteiger partial charge >= 0.3 is 10.8 Å². The second-order valence-electron chi connectivity index (χ2n) is 7.87. The number of benzene rings is 2. The van der Waals surface area contributed by atoms with Crippen LogP contribution >= 0.6 is 39.0 Å². The molecule has 0 spiro atoms. The van der Waals surface area contributed by atoms with Crippen molar-refractivity contribution < 1.29 is 23.9 Å². The standard InChI is InChI=1S/C24H19BrN2O6S2/c1-2-32-16(28)11-33-15-9-8-12(25)10-14(15)17-18-20(34-21-19(17)35-24(31)26-21)23(30)27(22(18)29)13-6-4-3-5-7-13/h3-10,17-18,20H,2,11H2,1H3,(H,26,31)/t17-,18?,20?/m1/s1. The summed E-state index contributed by atoms with van der Waals surface area (Å²) in [6.07, 6.45) is 0. The zero-order valence-corrected chi connectivity index (χ0v) is 21.6. The van der Waals surface area contributed by atoms with Gasteiger partial charge in [-0.05, 0) is 37.3 Å². The van der Waals surface area contributed by atoms with E-state index < -0.39 is 23.1 Å². The molecule has 0 bridgehead atoms. The van der Waals surface area contributed by atoms with Crippen LogP contribution in [0.1, 0.15) is 23.3 Å². The third kappa shape index (κ3) is 4.32. The highest BCUT2D eigenvalue weighted by molar-refractivity contribution is 9.10. The molecule has 11 heteroatoms. The van der Waals surface area contributed by atoms with Crippen LogP contribution in [0.25, 0.3) is 0 Å². The lowest BCUT2D eigenvalue weighted by atomic mass is 9.82. The Morgan fingerprint density at radius 1 is 1.11 bits per heavy atom. The summed E-state index contributed by atoms with van der Waals surface area (Å²) in [4.78, 5) is 55.9. The number of H-pyrrole nitrogens is 1. The smallest absolute Gasteiger partial charge is 0.344 e. The van der Waals surface area contributed by atoms with Crippen molar-refractivity contribution in [3.8, 4) is 5.75 Å². The van der Waals surface area contributed by atoms with Gasteiger partial charge in [-0.3, -0.25) is 14.4 Å². The number of para-hydroxylation sites is 1. The monoisotopic (exact) mass is 574 g/mol. The Morgan fingerprint density at radius 2 is 1.89 bits per heavy atom. The molecule has 180 valence electrons. The van der Waals surface area contributed by atoms with Crippen LogP contribution in [0.4, 0.5) is 5.69 Å². The molecule has 0 saturated carbocycles. The van der Waals surface area contributed by atoms with E-state index in [1.165, 1.54) is 16.7 Å². The predicted molar refractivity (Wildman–Crippen MR) is 135 cm³/mol. The Kier molecular flexibility index (Phi) is 6.56. The average Bonchev–Trinajstić information content (AvgIpc) is 3.33. The summed E-state index contributed by atoms with van der Waals surface area (Å²) in [7, 11) is 0. The summed E-state index contributed by atoms with van der Waals surface area (Å²) in [5.41, 5.74) is 1.10. The molecule has 1 fully saturated rings. The van der Waals surface area contributed by atoms with Crippen LogP contribution in [-0.4, -0.2) is 41.2 Å². The van der Waals surface area contributed by atoms with Crippen LogP contribution in [0, 0.1) is 5.92 Å². The van der Waals surface area contributed by atoms with E-state index in [2.05, 4.69) is 20.9 Å². The van der Waals surface area contributed by atoms with Gasteiger partial charge in [0.1, 0.15) is 11.0 Å². The minimum atomic E-state index is -0.758. The van der Waals surface area contributed by atoms with Crippen molar-refractivity contribution in [2.75, 3.05) is 18.1 Å². The first-order valence-electron chi connectivity index (χ1n) is 10.8. The minimum Gasteiger partial charge on any atom is -0.482 e. The molecular weight excluding hydrogens is 556 g/mol. The van der Waals surface area contributed by atoms with Crippen LogP contribution in [-0.2, 0) is 19.1 Å².